The summed E-state index contributed by atoms with van der Waals surface area (Å²) in [6.07, 6.45) is 9.76. The van der Waals surface area contributed by atoms with Crippen LogP contribution in [0.1, 0.15) is 30.4 Å². The van der Waals surface area contributed by atoms with Gasteiger partial charge in [0.2, 0.25) is 0 Å². The molecular formula is C25H30Cl2N4. The van der Waals surface area contributed by atoms with E-state index in [0.717, 1.165) is 48.8 Å². The number of halogens is 2. The maximum absolute atomic E-state index is 6.13. The third kappa shape index (κ3) is 5.50. The van der Waals surface area contributed by atoms with E-state index in [2.05, 4.69) is 59.1 Å². The van der Waals surface area contributed by atoms with Crippen LogP contribution in [0.25, 0.3) is 0 Å². The van der Waals surface area contributed by atoms with E-state index in [1.165, 1.54) is 40.3 Å². The highest BCUT2D eigenvalue weighted by atomic mass is 35.5. The minimum atomic E-state index is 0.785. The highest BCUT2D eigenvalue weighted by Gasteiger charge is 2.16. The first-order valence-corrected chi connectivity index (χ1v) is 11.7. The molecule has 2 heterocycles. The molecule has 2 aliphatic heterocycles. The van der Waals surface area contributed by atoms with Crippen molar-refractivity contribution in [1.82, 2.24) is 10.6 Å². The molecule has 0 amide bonds. The van der Waals surface area contributed by atoms with Crippen LogP contribution in [-0.2, 0) is 12.8 Å². The van der Waals surface area contributed by atoms with Gasteiger partial charge in [0.1, 0.15) is 0 Å². The molecule has 0 aliphatic carbocycles. The van der Waals surface area contributed by atoms with Gasteiger partial charge in [-0.2, -0.15) is 0 Å². The van der Waals surface area contributed by atoms with Gasteiger partial charge >= 0.3 is 0 Å². The molecule has 0 saturated carbocycles. The van der Waals surface area contributed by atoms with Crippen LogP contribution in [0, 0.1) is 0 Å². The van der Waals surface area contributed by atoms with Crippen LogP contribution in [-0.4, -0.2) is 27.2 Å². The summed E-state index contributed by atoms with van der Waals surface area (Å²) in [6.45, 7) is 2.00. The maximum Gasteiger partial charge on any atom is 0.0455 e. The molecule has 4 rings (SSSR count). The van der Waals surface area contributed by atoms with E-state index in [0.29, 0.717) is 0 Å². The topological polar surface area (TPSA) is 30.5 Å². The van der Waals surface area contributed by atoms with Crippen molar-refractivity contribution in [3.8, 4) is 0 Å². The molecule has 0 aromatic heterocycles. The van der Waals surface area contributed by atoms with Crippen molar-refractivity contribution in [2.45, 2.75) is 32.1 Å². The average Bonchev–Trinajstić information content (AvgIpc) is 2.74. The molecule has 2 aromatic rings. The summed E-state index contributed by atoms with van der Waals surface area (Å²) in [6, 6.07) is 12.3. The fourth-order valence-electron chi connectivity index (χ4n) is 4.28. The van der Waals surface area contributed by atoms with E-state index in [1.54, 1.807) is 0 Å². The lowest BCUT2D eigenvalue weighted by molar-refractivity contribution is 0.610. The molecule has 0 bridgehead atoms. The van der Waals surface area contributed by atoms with E-state index >= 15 is 0 Å². The Morgan fingerprint density at radius 3 is 1.61 bits per heavy atom. The number of benzene rings is 2. The van der Waals surface area contributed by atoms with Crippen molar-refractivity contribution in [2.24, 2.45) is 0 Å². The Balaban J connectivity index is 1.14. The number of nitrogens with zero attached hydrogens (tertiary/aromatic N) is 2. The maximum atomic E-state index is 6.13. The number of anilines is 2. The second-order valence-electron chi connectivity index (χ2n) is 8.34. The molecule has 2 aliphatic rings. The third-order valence-corrected chi connectivity index (χ3v) is 6.34. The highest BCUT2D eigenvalue weighted by Crippen LogP contribution is 2.30. The zero-order valence-electron chi connectivity index (χ0n) is 18.2. The number of unbranched alkanes of at least 4 members (excludes halogenated alkanes) is 2. The van der Waals surface area contributed by atoms with Crippen molar-refractivity contribution in [3.63, 3.8) is 0 Å². The van der Waals surface area contributed by atoms with Gasteiger partial charge in [0.15, 0.2) is 0 Å². The number of rotatable bonds is 8. The van der Waals surface area contributed by atoms with Crippen LogP contribution in [0.5, 0.6) is 0 Å². The van der Waals surface area contributed by atoms with Gasteiger partial charge in [-0.15, -0.1) is 0 Å². The molecule has 0 atom stereocenters. The molecule has 6 heteroatoms. The predicted octanol–water partition coefficient (Wildman–Crippen LogP) is 5.71. The number of nitrogens with one attached hydrogen (secondary N) is 2. The van der Waals surface area contributed by atoms with Gasteiger partial charge in [0.05, 0.1) is 0 Å². The SMILES string of the molecule is CN1C=C(NCCCCCNC2=CN(C)c3cc(Cl)ccc3C2)Cc2ccc(Cl)cc21. The fourth-order valence-corrected chi connectivity index (χ4v) is 4.61. The standard InChI is InChI=1S/C25H30Cl2N4/c1-30-16-22(12-18-6-8-20(26)14-24(18)30)28-10-4-3-5-11-29-23-13-19-7-9-21(27)15-25(19)31(2)17-23/h6-9,14-17,28-29H,3-5,10-13H2,1-2H3. The Morgan fingerprint density at radius 1 is 0.710 bits per heavy atom. The summed E-state index contributed by atoms with van der Waals surface area (Å²) in [4.78, 5) is 4.30. The van der Waals surface area contributed by atoms with E-state index in [4.69, 9.17) is 23.2 Å². The lowest BCUT2D eigenvalue weighted by atomic mass is 10.0. The lowest BCUT2D eigenvalue weighted by Crippen LogP contribution is -2.26. The van der Waals surface area contributed by atoms with Gasteiger partial charge in [-0.25, -0.2) is 0 Å². The molecule has 0 saturated heterocycles. The average molecular weight is 457 g/mol. The van der Waals surface area contributed by atoms with Gasteiger partial charge in [-0.1, -0.05) is 35.3 Å². The third-order valence-electron chi connectivity index (χ3n) is 5.87. The Morgan fingerprint density at radius 2 is 1.16 bits per heavy atom. The Hall–Kier alpha value is -2.30. The predicted molar refractivity (Wildman–Crippen MR) is 133 cm³/mol. The number of hydrogen-bond acceptors (Lipinski definition) is 4. The molecule has 4 nitrogen and oxygen atoms in total. The first-order valence-electron chi connectivity index (χ1n) is 10.9. The normalized spacial score (nSPS) is 15.1. The van der Waals surface area contributed by atoms with E-state index in [9.17, 15) is 0 Å². The van der Waals surface area contributed by atoms with Gasteiger partial charge in [-0.3, -0.25) is 0 Å². The molecule has 31 heavy (non-hydrogen) atoms. The number of allylic oxidation sites excluding steroid dienone is 2. The molecule has 164 valence electrons. The molecule has 0 spiro atoms. The van der Waals surface area contributed by atoms with Gasteiger partial charge in [0.25, 0.3) is 0 Å². The Bertz CT molecular complexity index is 920. The zero-order valence-corrected chi connectivity index (χ0v) is 19.7. The largest absolute Gasteiger partial charge is 0.387 e. The molecule has 0 fully saturated rings. The van der Waals surface area contributed by atoms with Gasteiger partial charge < -0.3 is 20.4 Å². The molecule has 2 aromatic carbocycles. The van der Waals surface area contributed by atoms with Crippen LogP contribution in [0.4, 0.5) is 11.4 Å². The smallest absolute Gasteiger partial charge is 0.0455 e. The summed E-state index contributed by atoms with van der Waals surface area (Å²) in [5, 5.41) is 8.78. The summed E-state index contributed by atoms with van der Waals surface area (Å²) < 4.78 is 0. The van der Waals surface area contributed by atoms with Crippen molar-refractivity contribution < 1.29 is 0 Å². The van der Waals surface area contributed by atoms with Crippen LogP contribution in [0.2, 0.25) is 10.0 Å². The second-order valence-corrected chi connectivity index (χ2v) is 9.22. The molecular weight excluding hydrogens is 427 g/mol. The van der Waals surface area contributed by atoms with Crippen molar-refractivity contribution >= 4 is 34.6 Å². The molecule has 0 radical (unpaired) electrons. The van der Waals surface area contributed by atoms with Crippen LogP contribution in [0.3, 0.4) is 0 Å². The summed E-state index contributed by atoms with van der Waals surface area (Å²) in [7, 11) is 4.15. The lowest BCUT2D eigenvalue weighted by Gasteiger charge is -2.27. The van der Waals surface area contributed by atoms with Crippen LogP contribution < -0.4 is 20.4 Å². The quantitative estimate of drug-likeness (QED) is 0.497. The number of fused-ring (bicyclic) bond motifs is 2. The molecule has 2 N–H and O–H groups in total. The van der Waals surface area contributed by atoms with Crippen molar-refractivity contribution in [2.75, 3.05) is 37.0 Å². The van der Waals surface area contributed by atoms with Gasteiger partial charge in [-0.05, 0) is 54.7 Å². The minimum absolute atomic E-state index is 0.785. The van der Waals surface area contributed by atoms with E-state index in [-0.39, 0.29) is 0 Å². The van der Waals surface area contributed by atoms with E-state index < -0.39 is 0 Å². The Kier molecular flexibility index (Phi) is 6.99. The minimum Gasteiger partial charge on any atom is -0.387 e. The van der Waals surface area contributed by atoms with Crippen LogP contribution in [0.15, 0.2) is 60.2 Å². The summed E-state index contributed by atoms with van der Waals surface area (Å²) >= 11 is 12.3. The van der Waals surface area contributed by atoms with Gasteiger partial charge in [0, 0.05) is 85.2 Å². The zero-order chi connectivity index (χ0) is 21.8. The highest BCUT2D eigenvalue weighted by molar-refractivity contribution is 6.31. The first-order chi connectivity index (χ1) is 15.0. The number of hydrogen-bond donors (Lipinski definition) is 2. The van der Waals surface area contributed by atoms with E-state index in [1.807, 2.05) is 24.3 Å². The Labute approximate surface area is 195 Å². The monoisotopic (exact) mass is 456 g/mol. The summed E-state index contributed by atoms with van der Waals surface area (Å²) in [5.41, 5.74) is 7.55. The molecule has 0 unspecified atom stereocenters. The fraction of sp³-hybridized carbons (Fsp3) is 0.360. The van der Waals surface area contributed by atoms with Crippen LogP contribution >= 0.6 is 23.2 Å². The second kappa shape index (κ2) is 9.88. The van der Waals surface area contributed by atoms with Crippen molar-refractivity contribution in [3.05, 3.63) is 81.4 Å². The first kappa shape index (κ1) is 21.9. The van der Waals surface area contributed by atoms with Crippen molar-refractivity contribution in [1.29, 1.82) is 0 Å². The summed E-state index contributed by atoms with van der Waals surface area (Å²) in [5.74, 6) is 0.